The third-order valence-electron chi connectivity index (χ3n) is 3.58. The number of aromatic carboxylic acids is 1. The minimum Gasteiger partial charge on any atom is -0.477 e. The van der Waals surface area contributed by atoms with Crippen molar-refractivity contribution in [2.75, 3.05) is 20.1 Å². The fourth-order valence-electron chi connectivity index (χ4n) is 2.38. The molecule has 0 aliphatic rings. The van der Waals surface area contributed by atoms with E-state index >= 15 is 0 Å². The van der Waals surface area contributed by atoms with Crippen LogP contribution in [-0.2, 0) is 10.2 Å². The number of benzene rings is 1. The van der Waals surface area contributed by atoms with Gasteiger partial charge in [0.05, 0.1) is 0 Å². The molecule has 0 atom stereocenters. The van der Waals surface area contributed by atoms with Crippen LogP contribution in [0.2, 0.25) is 0 Å². The molecule has 0 spiro atoms. The van der Waals surface area contributed by atoms with Crippen LogP contribution in [0.15, 0.2) is 36.5 Å². The molecule has 5 N–H and O–H groups in total. The Bertz CT molecular complexity index is 903. The molecule has 2 aromatic rings. The monoisotopic (exact) mass is 366 g/mol. The molecule has 25 heavy (non-hydrogen) atoms. The second-order valence-corrected chi connectivity index (χ2v) is 6.74. The molecule has 10 heteroatoms. The first-order valence-electron chi connectivity index (χ1n) is 7.20. The van der Waals surface area contributed by atoms with Crippen LogP contribution < -0.4 is 10.9 Å². The summed E-state index contributed by atoms with van der Waals surface area (Å²) < 4.78 is 23.5. The van der Waals surface area contributed by atoms with E-state index in [2.05, 4.69) is 0 Å². The zero-order chi connectivity index (χ0) is 18.8. The Labute approximate surface area is 144 Å². The number of hydrogen-bond donors (Lipinski definition) is 3. The number of nitrogens with two attached hydrogens (primary N) is 2. The van der Waals surface area contributed by atoms with Gasteiger partial charge in [0.1, 0.15) is 0 Å². The van der Waals surface area contributed by atoms with Gasteiger partial charge >= 0.3 is 16.2 Å². The van der Waals surface area contributed by atoms with Gasteiger partial charge in [-0.3, -0.25) is 4.79 Å². The number of carbonyl (C=O) groups is 2. The molecule has 0 radical (unpaired) electrons. The van der Waals surface area contributed by atoms with Gasteiger partial charge in [-0.15, -0.1) is 0 Å². The molecule has 2 rings (SSSR count). The minimum absolute atomic E-state index is 0.177. The largest absolute Gasteiger partial charge is 0.477 e. The normalized spacial score (nSPS) is 11.3. The second-order valence-electron chi connectivity index (χ2n) is 5.32. The molecule has 1 heterocycles. The SMILES string of the molecule is CN(CCN)C(=O)c1ccc(-c2ccn(S(N)(=O)=O)c2C(=O)O)cc1. The topological polar surface area (TPSA) is 149 Å². The predicted octanol–water partition coefficient (Wildman–Crippen LogP) is -0.0644. The van der Waals surface area contributed by atoms with Crippen LogP contribution >= 0.6 is 0 Å². The Balaban J connectivity index is 2.43. The molecule has 0 saturated heterocycles. The van der Waals surface area contributed by atoms with Crippen LogP contribution in [0.3, 0.4) is 0 Å². The summed E-state index contributed by atoms with van der Waals surface area (Å²) in [6, 6.07) is 7.48. The molecular formula is C15H18N4O5S. The molecule has 0 unspecified atom stereocenters. The molecule has 1 amide bonds. The van der Waals surface area contributed by atoms with Crippen molar-refractivity contribution >= 4 is 22.1 Å². The lowest BCUT2D eigenvalue weighted by Crippen LogP contribution is -2.31. The van der Waals surface area contributed by atoms with Gasteiger partial charge in [-0.25, -0.2) is 13.9 Å². The number of carbonyl (C=O) groups excluding carboxylic acids is 1. The fraction of sp³-hybridized carbons (Fsp3) is 0.200. The number of likely N-dealkylation sites (N-methyl/N-ethyl adjacent to an activating group) is 1. The highest BCUT2D eigenvalue weighted by Crippen LogP contribution is 2.26. The van der Waals surface area contributed by atoms with Crippen molar-refractivity contribution in [3.05, 3.63) is 47.8 Å². The number of carboxylic acid groups (broad SMARTS) is 1. The van der Waals surface area contributed by atoms with Crippen molar-refractivity contribution in [3.63, 3.8) is 0 Å². The first-order valence-corrected chi connectivity index (χ1v) is 8.71. The Morgan fingerprint density at radius 2 is 1.80 bits per heavy atom. The summed E-state index contributed by atoms with van der Waals surface area (Å²) >= 11 is 0. The van der Waals surface area contributed by atoms with Gasteiger partial charge in [-0.2, -0.15) is 8.42 Å². The molecule has 9 nitrogen and oxygen atoms in total. The highest BCUT2D eigenvalue weighted by molar-refractivity contribution is 7.87. The van der Waals surface area contributed by atoms with Crippen molar-refractivity contribution in [2.24, 2.45) is 10.9 Å². The molecule has 134 valence electrons. The molecule has 1 aromatic carbocycles. The van der Waals surface area contributed by atoms with E-state index in [0.29, 0.717) is 28.2 Å². The van der Waals surface area contributed by atoms with Gasteiger partial charge in [-0.1, -0.05) is 12.1 Å². The summed E-state index contributed by atoms with van der Waals surface area (Å²) in [7, 11) is -2.62. The van der Waals surface area contributed by atoms with Crippen LogP contribution in [0.4, 0.5) is 0 Å². The average molecular weight is 366 g/mol. The predicted molar refractivity (Wildman–Crippen MR) is 91.3 cm³/mol. The maximum absolute atomic E-state index is 12.2. The van der Waals surface area contributed by atoms with Crippen LogP contribution in [0.5, 0.6) is 0 Å². The number of amides is 1. The van der Waals surface area contributed by atoms with E-state index in [0.717, 1.165) is 6.20 Å². The fourth-order valence-corrected chi connectivity index (χ4v) is 3.04. The Kier molecular flexibility index (Phi) is 5.26. The molecule has 0 fully saturated rings. The van der Waals surface area contributed by atoms with Crippen LogP contribution in [0.1, 0.15) is 20.8 Å². The maximum atomic E-state index is 12.2. The summed E-state index contributed by atoms with van der Waals surface area (Å²) in [4.78, 5) is 25.1. The number of hydrogen-bond acceptors (Lipinski definition) is 5. The van der Waals surface area contributed by atoms with Gasteiger partial charge in [0.25, 0.3) is 5.91 Å². The van der Waals surface area contributed by atoms with E-state index in [1.165, 1.54) is 23.1 Å². The molecule has 1 aromatic heterocycles. The number of rotatable bonds is 6. The molecule has 0 bridgehead atoms. The summed E-state index contributed by atoms with van der Waals surface area (Å²) in [6.45, 7) is 0.740. The average Bonchev–Trinajstić information content (AvgIpc) is 3.00. The van der Waals surface area contributed by atoms with Crippen molar-refractivity contribution < 1.29 is 23.1 Å². The van der Waals surface area contributed by atoms with Crippen molar-refractivity contribution in [3.8, 4) is 11.1 Å². The van der Waals surface area contributed by atoms with E-state index in [9.17, 15) is 23.1 Å². The number of aromatic nitrogens is 1. The third-order valence-corrected chi connectivity index (χ3v) is 4.44. The standard InChI is InChI=1S/C15H18N4O5S/c1-18(9-7-16)14(20)11-4-2-10(3-5-11)12-6-8-19(25(17,23)24)13(12)15(21)22/h2-6,8H,7,9,16H2,1H3,(H,21,22)(H2,17,23,24). The first kappa shape index (κ1) is 18.6. The third kappa shape index (κ3) is 3.87. The maximum Gasteiger partial charge on any atom is 0.354 e. The highest BCUT2D eigenvalue weighted by atomic mass is 32.2. The first-order chi connectivity index (χ1) is 11.7. The molecule has 0 saturated carbocycles. The van der Waals surface area contributed by atoms with Crippen LogP contribution in [0, 0.1) is 0 Å². The minimum atomic E-state index is -4.24. The van der Waals surface area contributed by atoms with Crippen molar-refractivity contribution in [1.82, 2.24) is 8.87 Å². The Morgan fingerprint density at radius 1 is 1.20 bits per heavy atom. The van der Waals surface area contributed by atoms with E-state index in [4.69, 9.17) is 10.9 Å². The second kappa shape index (κ2) is 7.05. The van der Waals surface area contributed by atoms with Crippen LogP contribution in [0.25, 0.3) is 11.1 Å². The Morgan fingerprint density at radius 3 is 2.28 bits per heavy atom. The quantitative estimate of drug-likeness (QED) is 0.652. The molecule has 0 aliphatic heterocycles. The highest BCUT2D eigenvalue weighted by Gasteiger charge is 2.23. The van der Waals surface area contributed by atoms with E-state index in [-0.39, 0.29) is 11.5 Å². The summed E-state index contributed by atoms with van der Waals surface area (Å²) in [5.41, 5.74) is 5.97. The van der Waals surface area contributed by atoms with Gasteiger partial charge in [-0.05, 0) is 23.8 Å². The van der Waals surface area contributed by atoms with E-state index in [1.807, 2.05) is 0 Å². The lowest BCUT2D eigenvalue weighted by Gasteiger charge is -2.16. The number of carboxylic acids is 1. The lowest BCUT2D eigenvalue weighted by molar-refractivity contribution is 0.0689. The zero-order valence-electron chi connectivity index (χ0n) is 13.4. The van der Waals surface area contributed by atoms with Crippen molar-refractivity contribution in [1.29, 1.82) is 0 Å². The summed E-state index contributed by atoms with van der Waals surface area (Å²) in [5.74, 6) is -1.66. The van der Waals surface area contributed by atoms with Gasteiger partial charge < -0.3 is 15.7 Å². The lowest BCUT2D eigenvalue weighted by atomic mass is 10.0. The summed E-state index contributed by atoms with van der Waals surface area (Å²) in [6.07, 6.45) is 1.07. The van der Waals surface area contributed by atoms with Gasteiger partial charge in [0.2, 0.25) is 0 Å². The van der Waals surface area contributed by atoms with Crippen LogP contribution in [-0.4, -0.2) is 54.4 Å². The number of nitrogens with zero attached hydrogens (tertiary/aromatic N) is 2. The van der Waals surface area contributed by atoms with Crippen molar-refractivity contribution in [2.45, 2.75) is 0 Å². The smallest absolute Gasteiger partial charge is 0.354 e. The summed E-state index contributed by atoms with van der Waals surface area (Å²) in [5, 5.41) is 14.3. The zero-order valence-corrected chi connectivity index (χ0v) is 14.2. The molecule has 0 aliphatic carbocycles. The van der Waals surface area contributed by atoms with E-state index in [1.54, 1.807) is 19.2 Å². The van der Waals surface area contributed by atoms with E-state index < -0.39 is 21.9 Å². The van der Waals surface area contributed by atoms with Gasteiger partial charge in [0, 0.05) is 37.5 Å². The van der Waals surface area contributed by atoms with Gasteiger partial charge in [0.15, 0.2) is 5.69 Å². The Hall–Kier alpha value is -2.69. The molecular weight excluding hydrogens is 348 g/mol.